The summed E-state index contributed by atoms with van der Waals surface area (Å²) in [6.45, 7) is 2.32. The van der Waals surface area contributed by atoms with Gasteiger partial charge >= 0.3 is 5.97 Å². The van der Waals surface area contributed by atoms with Gasteiger partial charge in [-0.3, -0.25) is 4.79 Å². The Balaban J connectivity index is 1.22. The van der Waals surface area contributed by atoms with Gasteiger partial charge in [-0.2, -0.15) is 0 Å². The highest BCUT2D eigenvalue weighted by atomic mass is 32.2. The number of fused-ring (bicyclic) bond motifs is 2. The van der Waals surface area contributed by atoms with Crippen molar-refractivity contribution in [2.75, 3.05) is 24.3 Å². The topological polar surface area (TPSA) is 113 Å². The molecular formula is C24H25N3O6S2. The lowest BCUT2D eigenvalue weighted by molar-refractivity contribution is -0.113. The monoisotopic (exact) mass is 515 g/mol. The number of thioether (sulfide) groups is 1. The summed E-state index contributed by atoms with van der Waals surface area (Å²) >= 11 is 2.59. The minimum Gasteiger partial charge on any atom is -0.485 e. The summed E-state index contributed by atoms with van der Waals surface area (Å²) in [5.41, 5.74) is 1.52. The highest BCUT2D eigenvalue weighted by Crippen LogP contribution is 2.39. The zero-order valence-electron chi connectivity index (χ0n) is 19.2. The van der Waals surface area contributed by atoms with Gasteiger partial charge in [0.1, 0.15) is 11.6 Å². The normalized spacial score (nSPS) is 16.8. The number of para-hydroxylation sites is 2. The Bertz CT molecular complexity index is 1220. The highest BCUT2D eigenvalue weighted by molar-refractivity contribution is 7.99. The van der Waals surface area contributed by atoms with Gasteiger partial charge < -0.3 is 23.9 Å². The molecule has 0 saturated carbocycles. The molecule has 1 atom stereocenters. The van der Waals surface area contributed by atoms with Crippen molar-refractivity contribution in [3.63, 3.8) is 0 Å². The van der Waals surface area contributed by atoms with Crippen LogP contribution >= 0.6 is 23.1 Å². The fraction of sp³-hybridized carbons (Fsp3) is 0.417. The minimum atomic E-state index is -0.519. The van der Waals surface area contributed by atoms with Crippen LogP contribution in [-0.4, -0.2) is 41.0 Å². The van der Waals surface area contributed by atoms with Crippen LogP contribution in [0.5, 0.6) is 11.5 Å². The van der Waals surface area contributed by atoms with Crippen molar-refractivity contribution >= 4 is 40.0 Å². The van der Waals surface area contributed by atoms with Gasteiger partial charge in [-0.1, -0.05) is 30.3 Å². The summed E-state index contributed by atoms with van der Waals surface area (Å²) in [7, 11) is 0. The van der Waals surface area contributed by atoms with Gasteiger partial charge in [0.05, 0.1) is 17.9 Å². The van der Waals surface area contributed by atoms with E-state index in [4.69, 9.17) is 18.6 Å². The number of carbonyl (C=O) groups is 2. The molecule has 35 heavy (non-hydrogen) atoms. The first-order valence-electron chi connectivity index (χ1n) is 11.6. The molecule has 0 spiro atoms. The van der Waals surface area contributed by atoms with Crippen LogP contribution in [0.25, 0.3) is 0 Å². The Morgan fingerprint density at radius 1 is 1.17 bits per heavy atom. The lowest BCUT2D eigenvalue weighted by Gasteiger charge is -2.23. The van der Waals surface area contributed by atoms with Gasteiger partial charge in [-0.15, -0.1) is 21.5 Å². The average Bonchev–Trinajstić information content (AvgIpc) is 3.40. The molecule has 1 aromatic carbocycles. The van der Waals surface area contributed by atoms with Crippen molar-refractivity contribution < 1.29 is 28.2 Å². The Hall–Kier alpha value is -3.05. The summed E-state index contributed by atoms with van der Waals surface area (Å²) in [6.07, 6.45) is 4.47. The molecule has 3 aromatic rings. The summed E-state index contributed by atoms with van der Waals surface area (Å²) < 4.78 is 22.6. The van der Waals surface area contributed by atoms with Crippen LogP contribution in [-0.2, 0) is 22.4 Å². The van der Waals surface area contributed by atoms with E-state index in [-0.39, 0.29) is 42.0 Å². The first-order chi connectivity index (χ1) is 17.1. The number of hydrogen-bond donors (Lipinski definition) is 1. The Kier molecular flexibility index (Phi) is 7.24. The van der Waals surface area contributed by atoms with Crippen LogP contribution in [0, 0.1) is 0 Å². The first-order valence-corrected chi connectivity index (χ1v) is 13.4. The van der Waals surface area contributed by atoms with E-state index in [1.807, 2.05) is 24.3 Å². The molecule has 184 valence electrons. The molecule has 0 radical (unpaired) electrons. The number of esters is 1. The summed E-state index contributed by atoms with van der Waals surface area (Å²) in [4.78, 5) is 26.6. The molecule has 1 unspecified atom stereocenters. The summed E-state index contributed by atoms with van der Waals surface area (Å²) in [5.74, 6) is 0.978. The Labute approximate surface area is 210 Å². The molecule has 0 fully saturated rings. The second-order valence-corrected chi connectivity index (χ2v) is 10.1. The fourth-order valence-corrected chi connectivity index (χ4v) is 5.95. The molecule has 0 saturated heterocycles. The second-order valence-electron chi connectivity index (χ2n) is 8.10. The van der Waals surface area contributed by atoms with E-state index in [2.05, 4.69) is 15.5 Å². The van der Waals surface area contributed by atoms with Crippen molar-refractivity contribution in [2.24, 2.45) is 0 Å². The zero-order valence-corrected chi connectivity index (χ0v) is 20.8. The van der Waals surface area contributed by atoms with Gasteiger partial charge in [0.15, 0.2) is 11.5 Å². The SMILES string of the molecule is CCOC(=O)c1c(NC(=O)CSc2nnc(C3COc4ccccc4O3)o2)sc2c1CCCCC2. The van der Waals surface area contributed by atoms with Crippen molar-refractivity contribution in [2.45, 2.75) is 50.4 Å². The highest BCUT2D eigenvalue weighted by Gasteiger charge is 2.29. The predicted octanol–water partition coefficient (Wildman–Crippen LogP) is 4.82. The minimum absolute atomic E-state index is 0.0529. The van der Waals surface area contributed by atoms with E-state index in [0.717, 1.165) is 54.3 Å². The van der Waals surface area contributed by atoms with Crippen molar-refractivity contribution in [3.8, 4) is 11.5 Å². The average molecular weight is 516 g/mol. The molecule has 9 nitrogen and oxygen atoms in total. The standard InChI is InChI=1S/C24H25N3O6S2/c1-2-30-23(29)20-14-8-4-3-5-11-18(14)35-22(20)25-19(28)13-34-24-27-26-21(33-24)17-12-31-15-9-6-7-10-16(15)32-17/h6-7,9-10,17H,2-5,8,11-13H2,1H3,(H,25,28). The van der Waals surface area contributed by atoms with Gasteiger partial charge in [0.2, 0.25) is 12.0 Å². The number of anilines is 1. The number of amides is 1. The van der Waals surface area contributed by atoms with Gasteiger partial charge in [-0.05, 0) is 50.3 Å². The van der Waals surface area contributed by atoms with Crippen molar-refractivity contribution in [1.29, 1.82) is 0 Å². The van der Waals surface area contributed by atoms with Gasteiger partial charge in [0, 0.05) is 4.88 Å². The van der Waals surface area contributed by atoms with E-state index >= 15 is 0 Å². The number of nitrogens with one attached hydrogen (secondary N) is 1. The molecule has 5 rings (SSSR count). The van der Waals surface area contributed by atoms with Crippen LogP contribution in [0.2, 0.25) is 0 Å². The number of hydrogen-bond acceptors (Lipinski definition) is 10. The lowest BCUT2D eigenvalue weighted by atomic mass is 10.1. The number of rotatable bonds is 7. The van der Waals surface area contributed by atoms with Gasteiger partial charge in [-0.25, -0.2) is 4.79 Å². The van der Waals surface area contributed by atoms with E-state index in [0.29, 0.717) is 22.1 Å². The van der Waals surface area contributed by atoms with Crippen LogP contribution in [0.4, 0.5) is 5.00 Å². The third kappa shape index (κ3) is 5.30. The maximum atomic E-state index is 12.7. The molecule has 2 aliphatic rings. The molecule has 3 heterocycles. The largest absolute Gasteiger partial charge is 0.485 e. The third-order valence-electron chi connectivity index (χ3n) is 5.69. The number of carbonyl (C=O) groups excluding carboxylic acids is 2. The number of aryl methyl sites for hydroxylation is 1. The number of benzene rings is 1. The second kappa shape index (κ2) is 10.7. The Morgan fingerprint density at radius 2 is 2.00 bits per heavy atom. The number of nitrogens with zero attached hydrogens (tertiary/aromatic N) is 2. The fourth-order valence-electron chi connectivity index (χ4n) is 4.09. The van der Waals surface area contributed by atoms with E-state index in [1.54, 1.807) is 6.92 Å². The molecule has 0 bridgehead atoms. The molecule has 1 amide bonds. The van der Waals surface area contributed by atoms with Crippen LogP contribution < -0.4 is 14.8 Å². The zero-order chi connectivity index (χ0) is 24.2. The van der Waals surface area contributed by atoms with E-state index in [1.165, 1.54) is 11.3 Å². The third-order valence-corrected chi connectivity index (χ3v) is 7.71. The van der Waals surface area contributed by atoms with Crippen LogP contribution in [0.1, 0.15) is 59.0 Å². The molecular weight excluding hydrogens is 490 g/mol. The van der Waals surface area contributed by atoms with Crippen molar-refractivity contribution in [3.05, 3.63) is 46.2 Å². The maximum absolute atomic E-state index is 12.7. The lowest BCUT2D eigenvalue weighted by Crippen LogP contribution is -2.21. The van der Waals surface area contributed by atoms with E-state index < -0.39 is 6.10 Å². The summed E-state index contributed by atoms with van der Waals surface area (Å²) in [5, 5.41) is 11.8. The first kappa shape index (κ1) is 23.7. The number of thiophene rings is 1. The molecule has 1 aliphatic heterocycles. The van der Waals surface area contributed by atoms with Gasteiger partial charge in [0.25, 0.3) is 11.1 Å². The molecule has 11 heteroatoms. The summed E-state index contributed by atoms with van der Waals surface area (Å²) in [6, 6.07) is 7.37. The smallest absolute Gasteiger partial charge is 0.341 e. The number of aromatic nitrogens is 2. The van der Waals surface area contributed by atoms with Crippen LogP contribution in [0.15, 0.2) is 33.9 Å². The number of ether oxygens (including phenoxy) is 3. The predicted molar refractivity (Wildman–Crippen MR) is 130 cm³/mol. The van der Waals surface area contributed by atoms with Crippen molar-refractivity contribution in [1.82, 2.24) is 10.2 Å². The van der Waals surface area contributed by atoms with E-state index in [9.17, 15) is 9.59 Å². The molecule has 1 N–H and O–H groups in total. The maximum Gasteiger partial charge on any atom is 0.341 e. The Morgan fingerprint density at radius 3 is 2.86 bits per heavy atom. The van der Waals surface area contributed by atoms with Crippen LogP contribution in [0.3, 0.4) is 0 Å². The molecule has 1 aliphatic carbocycles. The quantitative estimate of drug-likeness (QED) is 0.269. The molecule has 2 aromatic heterocycles.